The summed E-state index contributed by atoms with van der Waals surface area (Å²) in [7, 11) is -0.346. The second kappa shape index (κ2) is 11.1. The van der Waals surface area contributed by atoms with Crippen LogP contribution in [-0.2, 0) is 21.2 Å². The van der Waals surface area contributed by atoms with Crippen molar-refractivity contribution < 1.29 is 13.2 Å². The van der Waals surface area contributed by atoms with Crippen LogP contribution >= 0.6 is 11.6 Å². The summed E-state index contributed by atoms with van der Waals surface area (Å²) >= 11 is 6.08. The Balaban J connectivity index is 1.45. The van der Waals surface area contributed by atoms with E-state index in [2.05, 4.69) is 22.4 Å². The van der Waals surface area contributed by atoms with Crippen LogP contribution < -0.4 is 5.32 Å². The Bertz CT molecular complexity index is 1120. The maximum absolute atomic E-state index is 12.8. The van der Waals surface area contributed by atoms with Crippen LogP contribution in [0.2, 0.25) is 5.02 Å². The van der Waals surface area contributed by atoms with Crippen LogP contribution in [0.15, 0.2) is 52.4 Å². The Kier molecular flexibility index (Phi) is 8.51. The lowest BCUT2D eigenvalue weighted by Crippen LogP contribution is -2.31. The highest BCUT2D eigenvalue weighted by molar-refractivity contribution is 7.89. The normalized spacial score (nSPS) is 13.7. The highest BCUT2D eigenvalue weighted by atomic mass is 35.5. The molecule has 2 aromatic carbocycles. The zero-order chi connectivity index (χ0) is 24.0. The van der Waals surface area contributed by atoms with Crippen molar-refractivity contribution >= 4 is 33.4 Å². The molecule has 0 radical (unpaired) electrons. The number of sulfonamides is 1. The average molecular weight is 491 g/mol. The molecular formula is C24H31ClN4O3S. The van der Waals surface area contributed by atoms with Crippen LogP contribution in [0.3, 0.4) is 0 Å². The zero-order valence-electron chi connectivity index (χ0n) is 19.3. The second-order valence-electron chi connectivity index (χ2n) is 8.21. The van der Waals surface area contributed by atoms with E-state index in [9.17, 15) is 13.2 Å². The number of nitrogens with one attached hydrogen (secondary N) is 1. The number of benzene rings is 2. The summed E-state index contributed by atoms with van der Waals surface area (Å²) in [4.78, 5) is 18.8. The maximum Gasteiger partial charge on any atom is 0.243 e. The highest BCUT2D eigenvalue weighted by Gasteiger charge is 2.23. The van der Waals surface area contributed by atoms with Crippen molar-refractivity contribution in [2.24, 2.45) is 4.99 Å². The monoisotopic (exact) mass is 490 g/mol. The lowest BCUT2D eigenvalue weighted by molar-refractivity contribution is -0.130. The number of halogens is 1. The van der Waals surface area contributed by atoms with E-state index in [0.29, 0.717) is 23.6 Å². The first kappa shape index (κ1) is 25.2. The molecule has 3 rings (SSSR count). The molecule has 178 valence electrons. The molecule has 0 saturated carbocycles. The average Bonchev–Trinajstić information content (AvgIpc) is 3.34. The third kappa shape index (κ3) is 6.34. The van der Waals surface area contributed by atoms with E-state index in [1.165, 1.54) is 11.4 Å². The molecule has 1 heterocycles. The molecule has 7 nitrogen and oxygen atoms in total. The molecule has 1 aliphatic rings. The molecule has 33 heavy (non-hydrogen) atoms. The lowest BCUT2D eigenvalue weighted by Gasteiger charge is -2.20. The summed E-state index contributed by atoms with van der Waals surface area (Å²) in [6.45, 7) is 4.24. The molecule has 0 aromatic heterocycles. The summed E-state index contributed by atoms with van der Waals surface area (Å²) < 4.78 is 27.0. The van der Waals surface area contributed by atoms with Gasteiger partial charge in [-0.1, -0.05) is 41.9 Å². The van der Waals surface area contributed by atoms with Gasteiger partial charge >= 0.3 is 0 Å². The molecule has 0 fully saturated rings. The zero-order valence-corrected chi connectivity index (χ0v) is 20.9. The molecule has 0 saturated heterocycles. The fourth-order valence-corrected chi connectivity index (χ4v) is 5.32. The number of amidine groups is 1. The quantitative estimate of drug-likeness (QED) is 0.554. The highest BCUT2D eigenvalue weighted by Crippen LogP contribution is 2.25. The molecule has 0 unspecified atom stereocenters. The molecule has 9 heteroatoms. The van der Waals surface area contributed by atoms with Crippen molar-refractivity contribution in [2.75, 3.05) is 40.3 Å². The molecule has 2 aromatic rings. The van der Waals surface area contributed by atoms with Gasteiger partial charge in [-0.3, -0.25) is 9.79 Å². The van der Waals surface area contributed by atoms with Gasteiger partial charge in [0.25, 0.3) is 0 Å². The second-order valence-corrected chi connectivity index (χ2v) is 10.6. The number of hydrogen-bond donors (Lipinski definition) is 1. The predicted octanol–water partition coefficient (Wildman–Crippen LogP) is 3.10. The summed E-state index contributed by atoms with van der Waals surface area (Å²) in [5, 5.41) is 3.68. The van der Waals surface area contributed by atoms with Gasteiger partial charge in [-0.05, 0) is 43.0 Å². The lowest BCUT2D eigenvalue weighted by atomic mass is 10.1. The van der Waals surface area contributed by atoms with Gasteiger partial charge in [0.05, 0.1) is 11.4 Å². The van der Waals surface area contributed by atoms with Gasteiger partial charge in [-0.15, -0.1) is 0 Å². The first-order chi connectivity index (χ1) is 15.7. The minimum Gasteiger partial charge on any atom is -0.368 e. The van der Waals surface area contributed by atoms with Gasteiger partial charge < -0.3 is 10.2 Å². The predicted molar refractivity (Wildman–Crippen MR) is 132 cm³/mol. The minimum absolute atomic E-state index is 0.000801. The minimum atomic E-state index is -3.66. The van der Waals surface area contributed by atoms with Crippen molar-refractivity contribution in [1.29, 1.82) is 0 Å². The van der Waals surface area contributed by atoms with Crippen molar-refractivity contribution in [3.05, 3.63) is 64.2 Å². The number of likely N-dealkylation sites (N-methyl/N-ethyl adjacent to an activating group) is 1. The number of aliphatic imine (C=N–C) groups is 1. The summed E-state index contributed by atoms with van der Waals surface area (Å²) in [5.74, 6) is 0.937. The van der Waals surface area contributed by atoms with Crippen molar-refractivity contribution in [3.8, 4) is 0 Å². The Morgan fingerprint density at radius 3 is 2.52 bits per heavy atom. The maximum atomic E-state index is 12.8. The number of amides is 1. The third-order valence-electron chi connectivity index (χ3n) is 5.83. The van der Waals surface area contributed by atoms with Gasteiger partial charge in [0.15, 0.2) is 0 Å². The number of carbonyl (C=O) groups is 1. The van der Waals surface area contributed by atoms with E-state index < -0.39 is 10.0 Å². The Hall–Kier alpha value is -2.42. The van der Waals surface area contributed by atoms with E-state index in [1.54, 1.807) is 37.1 Å². The van der Waals surface area contributed by atoms with Crippen LogP contribution in [0, 0.1) is 6.92 Å². The van der Waals surface area contributed by atoms with Crippen molar-refractivity contribution in [2.45, 2.75) is 31.1 Å². The van der Waals surface area contributed by atoms with E-state index in [4.69, 9.17) is 11.6 Å². The topological polar surface area (TPSA) is 82.1 Å². The van der Waals surface area contributed by atoms with E-state index in [-0.39, 0.29) is 23.8 Å². The number of rotatable bonds is 10. The number of nitrogens with zero attached hydrogens (tertiary/aromatic N) is 3. The Morgan fingerprint density at radius 1 is 1.12 bits per heavy atom. The van der Waals surface area contributed by atoms with Gasteiger partial charge in [-0.2, -0.15) is 0 Å². The molecule has 1 N–H and O–H groups in total. The SMILES string of the molecule is Cc1c(Cl)cccc1S(=O)(=O)N(C)CCCC(=O)N(C)CCc1ccc(C2=NCCN2)cc1. The summed E-state index contributed by atoms with van der Waals surface area (Å²) in [5.41, 5.74) is 2.76. The standard InChI is InChI=1S/C24H31ClN4O3S/c1-18-21(25)6-4-7-22(18)33(31,32)29(3)16-5-8-23(30)28(2)17-13-19-9-11-20(12-10-19)24-26-14-15-27-24/h4,6-7,9-12H,5,8,13-17H2,1-3H3,(H,26,27). The van der Waals surface area contributed by atoms with E-state index in [1.807, 2.05) is 12.1 Å². The smallest absolute Gasteiger partial charge is 0.243 e. The first-order valence-corrected chi connectivity index (χ1v) is 12.8. The summed E-state index contributed by atoms with van der Waals surface area (Å²) in [6.07, 6.45) is 1.49. The van der Waals surface area contributed by atoms with Gasteiger partial charge in [0.2, 0.25) is 15.9 Å². The molecule has 1 aliphatic heterocycles. The van der Waals surface area contributed by atoms with Crippen LogP contribution in [-0.4, -0.2) is 69.6 Å². The number of hydrogen-bond acceptors (Lipinski definition) is 5. The molecular weight excluding hydrogens is 460 g/mol. The molecule has 1 amide bonds. The largest absolute Gasteiger partial charge is 0.368 e. The molecule has 0 atom stereocenters. The fourth-order valence-electron chi connectivity index (χ4n) is 3.64. The van der Waals surface area contributed by atoms with Gasteiger partial charge in [0.1, 0.15) is 5.84 Å². The van der Waals surface area contributed by atoms with Crippen molar-refractivity contribution in [1.82, 2.24) is 14.5 Å². The van der Waals surface area contributed by atoms with Crippen LogP contribution in [0.1, 0.15) is 29.5 Å². The molecule has 0 bridgehead atoms. The van der Waals surface area contributed by atoms with Crippen LogP contribution in [0.25, 0.3) is 0 Å². The van der Waals surface area contributed by atoms with Crippen LogP contribution in [0.5, 0.6) is 0 Å². The summed E-state index contributed by atoms with van der Waals surface area (Å²) in [6, 6.07) is 13.1. The van der Waals surface area contributed by atoms with Crippen LogP contribution in [0.4, 0.5) is 0 Å². The first-order valence-electron chi connectivity index (χ1n) is 11.0. The Morgan fingerprint density at radius 2 is 1.85 bits per heavy atom. The third-order valence-corrected chi connectivity index (χ3v) is 8.24. The van der Waals surface area contributed by atoms with Gasteiger partial charge in [0, 0.05) is 50.7 Å². The van der Waals surface area contributed by atoms with E-state index >= 15 is 0 Å². The molecule has 0 aliphatic carbocycles. The Labute approximate surface area is 201 Å². The molecule has 0 spiro atoms. The van der Waals surface area contributed by atoms with Crippen molar-refractivity contribution in [3.63, 3.8) is 0 Å². The van der Waals surface area contributed by atoms with E-state index in [0.717, 1.165) is 36.5 Å². The van der Waals surface area contributed by atoms with Gasteiger partial charge in [-0.25, -0.2) is 12.7 Å². The fraction of sp³-hybridized carbons (Fsp3) is 0.417. The number of carbonyl (C=O) groups excluding carboxylic acids is 1.